The molecule has 0 aliphatic heterocycles. The summed E-state index contributed by atoms with van der Waals surface area (Å²) in [4.78, 5) is 80.8. The first kappa shape index (κ1) is 44.7. The largest absolute Gasteiger partial charge is 0.808 e. The number of nitrogens with one attached hydrogen (secondary N) is 5. The van der Waals surface area contributed by atoms with Gasteiger partial charge in [0.1, 0.15) is 12.6 Å². The lowest BCUT2D eigenvalue weighted by atomic mass is 9.96. The summed E-state index contributed by atoms with van der Waals surface area (Å²) in [5.74, 6) is -4.93. The monoisotopic (exact) mass is 823 g/mol. The predicted molar refractivity (Wildman–Crippen MR) is 215 cm³/mol. The summed E-state index contributed by atoms with van der Waals surface area (Å²) < 4.78 is 32.1. The molecule has 0 saturated carbocycles. The number of amides is 3. The summed E-state index contributed by atoms with van der Waals surface area (Å²) in [6, 6.07) is 22.1. The third-order valence-corrected chi connectivity index (χ3v) is 12.0. The van der Waals surface area contributed by atoms with Crippen LogP contribution in [0.3, 0.4) is 0 Å². The SMILES string of the molecule is CC(C)C(CP([O-])(O)=C(Cc1ccccc1)NC(=O)[C@H](CCCCNC(=O)OCc1ccccc1)NS(C)(=O)=O)C(=O)N[C@@H](Cc1c[nH]c2ccccc12)C(=O)[O-]. The lowest BCUT2D eigenvalue weighted by Gasteiger charge is -2.36. The first-order valence-corrected chi connectivity index (χ1v) is 22.3. The molecule has 17 heteroatoms. The van der Waals surface area contributed by atoms with Crippen LogP contribution in [0.1, 0.15) is 49.8 Å². The zero-order chi connectivity index (χ0) is 41.6. The van der Waals surface area contributed by atoms with Crippen molar-refractivity contribution in [3.63, 3.8) is 0 Å². The van der Waals surface area contributed by atoms with Gasteiger partial charge in [0.15, 0.2) is 0 Å². The van der Waals surface area contributed by atoms with Gasteiger partial charge in [0.25, 0.3) is 0 Å². The zero-order valence-electron chi connectivity index (χ0n) is 32.1. The van der Waals surface area contributed by atoms with Crippen molar-refractivity contribution in [2.24, 2.45) is 11.8 Å². The second-order valence-electron chi connectivity index (χ2n) is 14.2. The van der Waals surface area contributed by atoms with Crippen LogP contribution >= 0.6 is 7.34 Å². The van der Waals surface area contributed by atoms with E-state index in [0.29, 0.717) is 17.5 Å². The summed E-state index contributed by atoms with van der Waals surface area (Å²) in [6.45, 7) is 3.56. The van der Waals surface area contributed by atoms with E-state index in [1.54, 1.807) is 56.4 Å². The van der Waals surface area contributed by atoms with Crippen molar-refractivity contribution in [2.45, 2.75) is 64.6 Å². The summed E-state index contributed by atoms with van der Waals surface area (Å²) in [5, 5.41) is 20.6. The molecule has 1 heterocycles. The number of unbranched alkanes of at least 4 members (excludes halogenated alkanes) is 1. The number of carboxylic acid groups (broad SMARTS) is 1. The maximum absolute atomic E-state index is 14.3. The van der Waals surface area contributed by atoms with E-state index in [9.17, 15) is 42.5 Å². The van der Waals surface area contributed by atoms with Crippen molar-refractivity contribution < 1.29 is 47.2 Å². The van der Waals surface area contributed by atoms with Gasteiger partial charge in [0.05, 0.1) is 18.3 Å². The molecule has 0 aliphatic carbocycles. The van der Waals surface area contributed by atoms with Crippen LogP contribution in [0.5, 0.6) is 0 Å². The number of benzene rings is 3. The molecule has 3 amide bonds. The molecular formula is C40H50N5O10PS-2. The Morgan fingerprint density at radius 3 is 2.14 bits per heavy atom. The van der Waals surface area contributed by atoms with Crippen LogP contribution < -0.4 is 30.7 Å². The van der Waals surface area contributed by atoms with Crippen LogP contribution in [0.4, 0.5) is 4.79 Å². The van der Waals surface area contributed by atoms with Crippen molar-refractivity contribution >= 4 is 57.6 Å². The molecule has 2 unspecified atom stereocenters. The molecule has 0 bridgehead atoms. The summed E-state index contributed by atoms with van der Waals surface area (Å²) in [7, 11) is -8.52. The lowest BCUT2D eigenvalue weighted by molar-refractivity contribution is -0.308. The number of aromatic amines is 1. The van der Waals surface area contributed by atoms with Crippen LogP contribution in [0.2, 0.25) is 0 Å². The molecule has 6 N–H and O–H groups in total. The molecule has 1 aromatic heterocycles. The molecule has 0 aliphatic rings. The second-order valence-corrected chi connectivity index (χ2v) is 18.3. The minimum absolute atomic E-state index is 0.0218. The highest BCUT2D eigenvalue weighted by Gasteiger charge is 2.30. The van der Waals surface area contributed by atoms with Crippen molar-refractivity contribution in [2.75, 3.05) is 19.0 Å². The van der Waals surface area contributed by atoms with Gasteiger partial charge in [-0.1, -0.05) is 100 Å². The fourth-order valence-corrected chi connectivity index (χ4v) is 8.98. The molecule has 0 fully saturated rings. The molecule has 4 aromatic rings. The highest BCUT2D eigenvalue weighted by atomic mass is 32.2. The van der Waals surface area contributed by atoms with Gasteiger partial charge in [-0.05, 0) is 54.1 Å². The molecule has 308 valence electrons. The number of carbonyl (C=O) groups excluding carboxylic acids is 4. The van der Waals surface area contributed by atoms with Crippen LogP contribution in [0, 0.1) is 11.8 Å². The normalized spacial score (nSPS) is 14.2. The lowest BCUT2D eigenvalue weighted by Crippen LogP contribution is -2.52. The first-order chi connectivity index (χ1) is 27.0. The molecule has 15 nitrogen and oxygen atoms in total. The number of para-hydroxylation sites is 1. The highest BCUT2D eigenvalue weighted by Crippen LogP contribution is 2.39. The van der Waals surface area contributed by atoms with Gasteiger partial charge in [-0.2, -0.15) is 0 Å². The summed E-state index contributed by atoms with van der Waals surface area (Å²) in [5.41, 5.74) is 2.46. The smallest absolute Gasteiger partial charge is 0.407 e. The van der Waals surface area contributed by atoms with E-state index in [-0.39, 0.29) is 44.3 Å². The molecule has 0 spiro atoms. The van der Waals surface area contributed by atoms with E-state index >= 15 is 0 Å². The van der Waals surface area contributed by atoms with Gasteiger partial charge < -0.3 is 45.4 Å². The molecule has 3 aromatic carbocycles. The third-order valence-electron chi connectivity index (χ3n) is 9.26. The third kappa shape index (κ3) is 14.5. The molecular weight excluding hydrogens is 774 g/mol. The highest BCUT2D eigenvalue weighted by molar-refractivity contribution is 7.88. The standard InChI is InChI=1S/C40H51N5O10PS/c1-27(2)32(37(46)43-35(39(48)49)23-30-24-42-33-19-11-10-18-31(30)33)26-56(51,52)36(22-28-14-6-4-7-15-28)44-38(47)34(45-57(3,53)54)20-12-13-21-41-40(50)55-25-29-16-8-5-9-17-29/h4-11,14-19,24,27,32,34-35,42,45H,12-13,20-23,25-26H2,1-3H3,(H5-,41,43,44,46,47,48,49,50,51,52)/q-1/p-1/t32?,34-,35-/m0/s1. The summed E-state index contributed by atoms with van der Waals surface area (Å²) >= 11 is 0. The van der Waals surface area contributed by atoms with Gasteiger partial charge in [-0.15, -0.1) is 0 Å². The topological polar surface area (TPSA) is 242 Å². The molecule has 4 atom stereocenters. The Morgan fingerprint density at radius 1 is 0.877 bits per heavy atom. The fraction of sp³-hybridized carbons (Fsp3) is 0.375. The molecule has 0 radical (unpaired) electrons. The number of aromatic nitrogens is 1. The van der Waals surface area contributed by atoms with Crippen LogP contribution in [-0.4, -0.2) is 78.6 Å². The van der Waals surface area contributed by atoms with Crippen molar-refractivity contribution in [3.05, 3.63) is 108 Å². The number of aliphatic carboxylic acids is 1. The maximum atomic E-state index is 14.3. The Bertz CT molecular complexity index is 2140. The molecule has 4 rings (SSSR count). The fourth-order valence-electron chi connectivity index (χ4n) is 6.18. The van der Waals surface area contributed by atoms with Gasteiger partial charge in [0, 0.05) is 47.8 Å². The number of ether oxygens (including phenoxy) is 1. The minimum atomic E-state index is -4.59. The number of rotatable bonds is 21. The number of H-pyrrole nitrogens is 1. The number of sulfonamides is 1. The number of carboxylic acids is 1. The van der Waals surface area contributed by atoms with E-state index in [2.05, 4.69) is 25.7 Å². The maximum Gasteiger partial charge on any atom is 0.407 e. The van der Waals surface area contributed by atoms with E-state index in [0.717, 1.165) is 22.7 Å². The Balaban J connectivity index is 1.49. The average molecular weight is 824 g/mol. The minimum Gasteiger partial charge on any atom is -0.808 e. The van der Waals surface area contributed by atoms with E-state index in [4.69, 9.17) is 4.74 Å². The van der Waals surface area contributed by atoms with Crippen molar-refractivity contribution in [1.29, 1.82) is 0 Å². The Morgan fingerprint density at radius 2 is 1.51 bits per heavy atom. The van der Waals surface area contributed by atoms with Crippen LogP contribution in [0.25, 0.3) is 10.9 Å². The van der Waals surface area contributed by atoms with E-state index in [1.807, 2.05) is 48.5 Å². The quantitative estimate of drug-likeness (QED) is 0.0527. The zero-order valence-corrected chi connectivity index (χ0v) is 33.8. The predicted octanol–water partition coefficient (Wildman–Crippen LogP) is 1.92. The Hall–Kier alpha value is -4.99. The number of alkyl carbamates (subject to hydrolysis) is 1. The summed E-state index contributed by atoms with van der Waals surface area (Å²) in [6.07, 6.45) is 1.53. The number of hydrogen-bond donors (Lipinski definition) is 6. The number of hydrogen-bond acceptors (Lipinski definition) is 10. The Kier molecular flexibility index (Phi) is 16.4. The second kappa shape index (κ2) is 21.0. The number of fused-ring (bicyclic) bond motifs is 1. The van der Waals surface area contributed by atoms with E-state index in [1.165, 1.54) is 0 Å². The van der Waals surface area contributed by atoms with Crippen LogP contribution in [0.15, 0.2) is 91.1 Å². The van der Waals surface area contributed by atoms with Gasteiger partial charge >= 0.3 is 6.09 Å². The van der Waals surface area contributed by atoms with Crippen LogP contribution in [-0.2, 0) is 48.6 Å². The van der Waals surface area contributed by atoms with Crippen molar-refractivity contribution in [1.82, 2.24) is 25.7 Å². The Labute approximate surface area is 332 Å². The van der Waals surface area contributed by atoms with Crippen molar-refractivity contribution in [3.8, 4) is 0 Å². The van der Waals surface area contributed by atoms with Gasteiger partial charge in [0.2, 0.25) is 21.8 Å². The van der Waals surface area contributed by atoms with Gasteiger partial charge in [-0.3, -0.25) is 9.59 Å². The number of carbonyl (C=O) groups is 4. The molecule has 57 heavy (non-hydrogen) atoms. The first-order valence-electron chi connectivity index (χ1n) is 18.5. The average Bonchev–Trinajstić information content (AvgIpc) is 3.57. The molecule has 0 saturated heterocycles. The van der Waals surface area contributed by atoms with E-state index < -0.39 is 71.3 Å². The van der Waals surface area contributed by atoms with Gasteiger partial charge in [-0.25, -0.2) is 17.9 Å².